The highest BCUT2D eigenvalue weighted by Crippen LogP contribution is 2.29. The summed E-state index contributed by atoms with van der Waals surface area (Å²) in [7, 11) is 0. The third-order valence-corrected chi connectivity index (χ3v) is 3.59. The van der Waals surface area contributed by atoms with E-state index in [0.717, 1.165) is 18.0 Å². The second kappa shape index (κ2) is 4.76. The van der Waals surface area contributed by atoms with E-state index in [1.807, 2.05) is 10.3 Å². The van der Waals surface area contributed by atoms with E-state index >= 15 is 0 Å². The number of hydrogen-bond donors (Lipinski definition) is 0. The van der Waals surface area contributed by atoms with Crippen LogP contribution in [0.25, 0.3) is 10.8 Å². The summed E-state index contributed by atoms with van der Waals surface area (Å²) in [6, 6.07) is 3.86. The predicted molar refractivity (Wildman–Crippen MR) is 65.4 cm³/mol. The normalized spacial score (nSPS) is 15.6. The number of morpholine rings is 1. The Bertz CT molecular complexity index is 580. The van der Waals surface area contributed by atoms with Crippen molar-refractivity contribution >= 4 is 17.3 Å². The SMILES string of the molecule is N#Cc1ccsc1-c1nc(N2CCOCC2)no1. The van der Waals surface area contributed by atoms with Crippen molar-refractivity contribution in [2.75, 3.05) is 31.2 Å². The average Bonchev–Trinajstić information content (AvgIpc) is 3.08. The van der Waals surface area contributed by atoms with Gasteiger partial charge in [0.15, 0.2) is 0 Å². The van der Waals surface area contributed by atoms with Gasteiger partial charge in [-0.05, 0) is 16.6 Å². The van der Waals surface area contributed by atoms with Crippen LogP contribution in [0.2, 0.25) is 0 Å². The summed E-state index contributed by atoms with van der Waals surface area (Å²) < 4.78 is 10.5. The largest absolute Gasteiger partial charge is 0.378 e. The molecule has 1 fully saturated rings. The monoisotopic (exact) mass is 262 g/mol. The lowest BCUT2D eigenvalue weighted by Gasteiger charge is -2.24. The van der Waals surface area contributed by atoms with E-state index in [9.17, 15) is 0 Å². The number of aromatic nitrogens is 2. The number of nitrogens with zero attached hydrogens (tertiary/aromatic N) is 4. The quantitative estimate of drug-likeness (QED) is 0.816. The van der Waals surface area contributed by atoms with Crippen LogP contribution in [-0.4, -0.2) is 36.4 Å². The maximum absolute atomic E-state index is 8.96. The Morgan fingerprint density at radius 2 is 2.22 bits per heavy atom. The Morgan fingerprint density at radius 3 is 3.00 bits per heavy atom. The van der Waals surface area contributed by atoms with E-state index in [1.165, 1.54) is 11.3 Å². The highest BCUT2D eigenvalue weighted by Gasteiger charge is 2.19. The summed E-state index contributed by atoms with van der Waals surface area (Å²) in [6.45, 7) is 2.86. The fraction of sp³-hybridized carbons (Fsp3) is 0.364. The van der Waals surface area contributed by atoms with Crippen molar-refractivity contribution in [1.29, 1.82) is 5.26 Å². The van der Waals surface area contributed by atoms with Gasteiger partial charge in [-0.1, -0.05) is 0 Å². The van der Waals surface area contributed by atoms with Crippen molar-refractivity contribution < 1.29 is 9.26 Å². The van der Waals surface area contributed by atoms with Crippen molar-refractivity contribution in [3.63, 3.8) is 0 Å². The van der Waals surface area contributed by atoms with E-state index in [-0.39, 0.29) is 0 Å². The lowest BCUT2D eigenvalue weighted by molar-refractivity contribution is 0.121. The molecule has 0 bridgehead atoms. The smallest absolute Gasteiger partial charge is 0.270 e. The van der Waals surface area contributed by atoms with Crippen molar-refractivity contribution in [1.82, 2.24) is 10.1 Å². The first kappa shape index (κ1) is 11.2. The predicted octanol–water partition coefficient (Wildman–Crippen LogP) is 1.51. The lowest BCUT2D eigenvalue weighted by Crippen LogP contribution is -2.36. The van der Waals surface area contributed by atoms with Crippen LogP contribution in [0, 0.1) is 11.3 Å². The summed E-state index contributed by atoms with van der Waals surface area (Å²) in [6.07, 6.45) is 0. The second-order valence-electron chi connectivity index (χ2n) is 3.77. The summed E-state index contributed by atoms with van der Waals surface area (Å²) >= 11 is 1.43. The molecule has 6 nitrogen and oxygen atoms in total. The molecule has 0 unspecified atom stereocenters. The molecule has 18 heavy (non-hydrogen) atoms. The zero-order valence-corrected chi connectivity index (χ0v) is 10.3. The molecule has 0 atom stereocenters. The molecule has 1 aliphatic rings. The molecule has 1 aliphatic heterocycles. The molecule has 3 heterocycles. The van der Waals surface area contributed by atoms with Gasteiger partial charge in [-0.25, -0.2) is 0 Å². The first-order valence-corrected chi connectivity index (χ1v) is 6.41. The number of hydrogen-bond acceptors (Lipinski definition) is 7. The molecular weight excluding hydrogens is 252 g/mol. The molecule has 0 aliphatic carbocycles. The minimum Gasteiger partial charge on any atom is -0.378 e. The van der Waals surface area contributed by atoms with Crippen LogP contribution in [0.1, 0.15) is 5.56 Å². The van der Waals surface area contributed by atoms with Crippen molar-refractivity contribution in [3.05, 3.63) is 17.0 Å². The standard InChI is InChI=1S/C11H10N4O2S/c12-7-8-1-6-18-9(8)10-13-11(14-17-10)15-2-4-16-5-3-15/h1,6H,2-5H2. The number of anilines is 1. The van der Waals surface area contributed by atoms with Crippen LogP contribution >= 0.6 is 11.3 Å². The van der Waals surface area contributed by atoms with Gasteiger partial charge in [0.05, 0.1) is 18.8 Å². The molecule has 0 saturated carbocycles. The Hall–Kier alpha value is -1.91. The van der Waals surface area contributed by atoms with E-state index in [0.29, 0.717) is 30.6 Å². The highest BCUT2D eigenvalue weighted by molar-refractivity contribution is 7.13. The molecule has 1 saturated heterocycles. The minimum absolute atomic E-state index is 0.406. The molecule has 2 aromatic rings. The van der Waals surface area contributed by atoms with Gasteiger partial charge in [0.1, 0.15) is 10.9 Å². The third kappa shape index (κ3) is 1.96. The van der Waals surface area contributed by atoms with Crippen molar-refractivity contribution in [2.45, 2.75) is 0 Å². The Morgan fingerprint density at radius 1 is 1.39 bits per heavy atom. The van der Waals surface area contributed by atoms with Crippen LogP contribution in [-0.2, 0) is 4.74 Å². The molecule has 0 spiro atoms. The first-order chi connectivity index (χ1) is 8.88. The fourth-order valence-electron chi connectivity index (χ4n) is 1.76. The van der Waals surface area contributed by atoms with Gasteiger partial charge >= 0.3 is 0 Å². The molecule has 7 heteroatoms. The van der Waals surface area contributed by atoms with Gasteiger partial charge < -0.3 is 14.2 Å². The molecular formula is C11H10N4O2S. The van der Waals surface area contributed by atoms with Crippen molar-refractivity contribution in [3.8, 4) is 16.8 Å². The van der Waals surface area contributed by atoms with Gasteiger partial charge in [-0.15, -0.1) is 11.3 Å². The fourth-order valence-corrected chi connectivity index (χ4v) is 2.53. The first-order valence-electron chi connectivity index (χ1n) is 5.53. The summed E-state index contributed by atoms with van der Waals surface area (Å²) in [5.74, 6) is 0.966. The lowest BCUT2D eigenvalue weighted by atomic mass is 10.3. The maximum Gasteiger partial charge on any atom is 0.270 e. The van der Waals surface area contributed by atoms with Crippen LogP contribution in [0.15, 0.2) is 16.0 Å². The Balaban J connectivity index is 1.87. The summed E-state index contributed by atoms with van der Waals surface area (Å²) in [4.78, 5) is 7.07. The van der Waals surface area contributed by atoms with Gasteiger partial charge in [-0.3, -0.25) is 0 Å². The molecule has 92 valence electrons. The zero-order valence-electron chi connectivity index (χ0n) is 9.50. The van der Waals surface area contributed by atoms with Crippen LogP contribution < -0.4 is 4.90 Å². The molecule has 0 amide bonds. The molecule has 0 radical (unpaired) electrons. The van der Waals surface area contributed by atoms with E-state index in [2.05, 4.69) is 16.2 Å². The summed E-state index contributed by atoms with van der Waals surface area (Å²) in [5.41, 5.74) is 0.567. The van der Waals surface area contributed by atoms with Gasteiger partial charge in [0, 0.05) is 13.1 Å². The van der Waals surface area contributed by atoms with Crippen LogP contribution in [0.4, 0.5) is 5.95 Å². The molecule has 0 aromatic carbocycles. The topological polar surface area (TPSA) is 75.2 Å². The molecule has 0 N–H and O–H groups in total. The third-order valence-electron chi connectivity index (χ3n) is 2.69. The maximum atomic E-state index is 8.96. The molecule has 3 rings (SSSR count). The summed E-state index contributed by atoms with van der Waals surface area (Å²) in [5, 5.41) is 14.8. The van der Waals surface area contributed by atoms with E-state index in [1.54, 1.807) is 6.07 Å². The number of ether oxygens (including phenoxy) is 1. The van der Waals surface area contributed by atoms with Gasteiger partial charge in [-0.2, -0.15) is 10.2 Å². The number of thiophene rings is 1. The Labute approximate surface area is 107 Å². The van der Waals surface area contributed by atoms with Crippen LogP contribution in [0.3, 0.4) is 0 Å². The minimum atomic E-state index is 0.406. The van der Waals surface area contributed by atoms with Gasteiger partial charge in [0.2, 0.25) is 0 Å². The van der Waals surface area contributed by atoms with Crippen molar-refractivity contribution in [2.24, 2.45) is 0 Å². The average molecular weight is 262 g/mol. The van der Waals surface area contributed by atoms with E-state index < -0.39 is 0 Å². The second-order valence-corrected chi connectivity index (χ2v) is 4.69. The van der Waals surface area contributed by atoms with Gasteiger partial charge in [0.25, 0.3) is 11.8 Å². The van der Waals surface area contributed by atoms with E-state index in [4.69, 9.17) is 14.5 Å². The Kier molecular flexibility index (Phi) is 2.96. The zero-order chi connectivity index (χ0) is 12.4. The number of nitriles is 1. The highest BCUT2D eigenvalue weighted by atomic mass is 32.1. The number of rotatable bonds is 2. The molecule has 2 aromatic heterocycles. The van der Waals surface area contributed by atoms with Crippen LogP contribution in [0.5, 0.6) is 0 Å².